The zero-order valence-electron chi connectivity index (χ0n) is 15.1. The molecule has 1 aromatic carbocycles. The summed E-state index contributed by atoms with van der Waals surface area (Å²) in [4.78, 5) is 29.0. The van der Waals surface area contributed by atoms with Crippen molar-refractivity contribution in [2.45, 2.75) is 0 Å². The maximum Gasteiger partial charge on any atom is 0.252 e. The standard InChI is InChI=1S/C19H25N5O2/c1-20-9-11-23-18(25)14-7-8-22-17(13-14)15-5-3-4-6-16(15)19(26)24-12-10-21-2/h3-8,13,20-21H,9-12H2,1-2H3,(H,23,25)(H,24,26). The van der Waals surface area contributed by atoms with Crippen molar-refractivity contribution in [1.82, 2.24) is 26.3 Å². The predicted octanol–water partition coefficient (Wildman–Crippen LogP) is 0.647. The lowest BCUT2D eigenvalue weighted by Crippen LogP contribution is -2.31. The highest BCUT2D eigenvalue weighted by Crippen LogP contribution is 2.22. The molecule has 0 fully saturated rings. The van der Waals surface area contributed by atoms with E-state index in [0.29, 0.717) is 48.6 Å². The second-order valence-corrected chi connectivity index (χ2v) is 5.69. The van der Waals surface area contributed by atoms with Crippen LogP contribution < -0.4 is 21.3 Å². The van der Waals surface area contributed by atoms with E-state index in [1.54, 1.807) is 24.4 Å². The van der Waals surface area contributed by atoms with E-state index in [9.17, 15) is 9.59 Å². The van der Waals surface area contributed by atoms with E-state index in [2.05, 4.69) is 26.3 Å². The zero-order chi connectivity index (χ0) is 18.8. The monoisotopic (exact) mass is 355 g/mol. The van der Waals surface area contributed by atoms with Gasteiger partial charge in [-0.3, -0.25) is 14.6 Å². The van der Waals surface area contributed by atoms with Gasteiger partial charge in [-0.05, 0) is 32.3 Å². The molecule has 0 unspecified atom stereocenters. The van der Waals surface area contributed by atoms with Crippen molar-refractivity contribution in [2.24, 2.45) is 0 Å². The van der Waals surface area contributed by atoms with Gasteiger partial charge in [-0.1, -0.05) is 18.2 Å². The third-order valence-corrected chi connectivity index (χ3v) is 3.79. The number of aromatic nitrogens is 1. The van der Waals surface area contributed by atoms with Crippen LogP contribution in [-0.2, 0) is 0 Å². The summed E-state index contributed by atoms with van der Waals surface area (Å²) >= 11 is 0. The van der Waals surface area contributed by atoms with Gasteiger partial charge in [-0.2, -0.15) is 0 Å². The van der Waals surface area contributed by atoms with Crippen molar-refractivity contribution in [3.05, 3.63) is 53.7 Å². The molecule has 138 valence electrons. The molecular formula is C19H25N5O2. The molecule has 2 aromatic rings. The van der Waals surface area contributed by atoms with Gasteiger partial charge in [0.25, 0.3) is 11.8 Å². The summed E-state index contributed by atoms with van der Waals surface area (Å²) in [5.74, 6) is -0.332. The zero-order valence-corrected chi connectivity index (χ0v) is 15.1. The topological polar surface area (TPSA) is 95.2 Å². The van der Waals surface area contributed by atoms with Crippen LogP contribution in [0.15, 0.2) is 42.6 Å². The van der Waals surface area contributed by atoms with Gasteiger partial charge >= 0.3 is 0 Å². The Labute approximate surface area is 153 Å². The van der Waals surface area contributed by atoms with E-state index >= 15 is 0 Å². The Bertz CT molecular complexity index is 748. The Balaban J connectivity index is 2.22. The van der Waals surface area contributed by atoms with Gasteiger partial charge in [0.1, 0.15) is 0 Å². The molecule has 0 bridgehead atoms. The number of hydrogen-bond acceptors (Lipinski definition) is 5. The van der Waals surface area contributed by atoms with Gasteiger partial charge < -0.3 is 21.3 Å². The number of pyridine rings is 1. The first-order valence-corrected chi connectivity index (χ1v) is 8.58. The Kier molecular flexibility index (Phi) is 7.73. The molecule has 7 nitrogen and oxygen atoms in total. The molecule has 0 radical (unpaired) electrons. The predicted molar refractivity (Wildman–Crippen MR) is 102 cm³/mol. The third-order valence-electron chi connectivity index (χ3n) is 3.79. The van der Waals surface area contributed by atoms with E-state index in [4.69, 9.17) is 0 Å². The number of benzene rings is 1. The number of nitrogens with one attached hydrogen (secondary N) is 4. The first kappa shape index (κ1) is 19.6. The number of carbonyl (C=O) groups excluding carboxylic acids is 2. The van der Waals surface area contributed by atoms with Crippen molar-refractivity contribution in [2.75, 3.05) is 40.3 Å². The van der Waals surface area contributed by atoms with Crippen LogP contribution in [0.3, 0.4) is 0 Å². The van der Waals surface area contributed by atoms with Crippen LogP contribution in [0.25, 0.3) is 11.3 Å². The molecule has 2 rings (SSSR count). The van der Waals surface area contributed by atoms with Crippen LogP contribution in [0.5, 0.6) is 0 Å². The molecule has 2 amide bonds. The number of hydrogen-bond donors (Lipinski definition) is 4. The minimum atomic E-state index is -0.167. The SMILES string of the molecule is CNCCNC(=O)c1ccnc(-c2ccccc2C(=O)NCCNC)c1. The molecule has 0 atom stereocenters. The van der Waals surface area contributed by atoms with E-state index < -0.39 is 0 Å². The summed E-state index contributed by atoms with van der Waals surface area (Å²) in [5, 5.41) is 11.7. The van der Waals surface area contributed by atoms with Crippen LogP contribution in [0.2, 0.25) is 0 Å². The summed E-state index contributed by atoms with van der Waals surface area (Å²) in [7, 11) is 3.66. The molecule has 0 aliphatic carbocycles. The normalized spacial score (nSPS) is 10.4. The van der Waals surface area contributed by atoms with E-state index in [1.165, 1.54) is 0 Å². The molecule has 0 aliphatic heterocycles. The molecule has 7 heteroatoms. The lowest BCUT2D eigenvalue weighted by Gasteiger charge is -2.11. The van der Waals surface area contributed by atoms with Crippen molar-refractivity contribution in [1.29, 1.82) is 0 Å². The number of amides is 2. The molecule has 0 saturated carbocycles. The van der Waals surface area contributed by atoms with Gasteiger partial charge in [0, 0.05) is 49.1 Å². The minimum absolute atomic E-state index is 0.165. The summed E-state index contributed by atoms with van der Waals surface area (Å²) in [6.45, 7) is 2.45. The van der Waals surface area contributed by atoms with E-state index in [1.807, 2.05) is 32.3 Å². The first-order chi connectivity index (χ1) is 12.7. The lowest BCUT2D eigenvalue weighted by atomic mass is 10.0. The average Bonchev–Trinajstić information content (AvgIpc) is 2.68. The number of carbonyl (C=O) groups is 2. The highest BCUT2D eigenvalue weighted by atomic mass is 16.2. The Morgan fingerprint density at radius 1 is 0.885 bits per heavy atom. The maximum absolute atomic E-state index is 12.5. The summed E-state index contributed by atoms with van der Waals surface area (Å²) < 4.78 is 0. The van der Waals surface area contributed by atoms with Gasteiger partial charge in [0.15, 0.2) is 0 Å². The Hall–Kier alpha value is -2.77. The highest BCUT2D eigenvalue weighted by molar-refractivity contribution is 6.01. The quantitative estimate of drug-likeness (QED) is 0.496. The first-order valence-electron chi connectivity index (χ1n) is 8.58. The molecule has 4 N–H and O–H groups in total. The van der Waals surface area contributed by atoms with E-state index in [-0.39, 0.29) is 11.8 Å². The number of rotatable bonds is 9. The average molecular weight is 355 g/mol. The molecule has 0 spiro atoms. The van der Waals surface area contributed by atoms with Crippen LogP contribution in [0.4, 0.5) is 0 Å². The Morgan fingerprint density at radius 2 is 1.54 bits per heavy atom. The van der Waals surface area contributed by atoms with Crippen molar-refractivity contribution >= 4 is 11.8 Å². The van der Waals surface area contributed by atoms with Gasteiger partial charge in [0.05, 0.1) is 5.69 Å². The number of likely N-dealkylation sites (N-methyl/N-ethyl adjacent to an activating group) is 2. The van der Waals surface area contributed by atoms with Crippen molar-refractivity contribution in [3.8, 4) is 11.3 Å². The molecule has 1 heterocycles. The van der Waals surface area contributed by atoms with Gasteiger partial charge in [-0.25, -0.2) is 0 Å². The van der Waals surface area contributed by atoms with Gasteiger partial charge in [-0.15, -0.1) is 0 Å². The third kappa shape index (κ3) is 5.37. The minimum Gasteiger partial charge on any atom is -0.351 e. The molecule has 0 saturated heterocycles. The van der Waals surface area contributed by atoms with Crippen LogP contribution >= 0.6 is 0 Å². The van der Waals surface area contributed by atoms with Gasteiger partial charge in [0.2, 0.25) is 0 Å². The fraction of sp³-hybridized carbons (Fsp3) is 0.316. The van der Waals surface area contributed by atoms with Crippen molar-refractivity contribution < 1.29 is 9.59 Å². The molecule has 1 aromatic heterocycles. The second-order valence-electron chi connectivity index (χ2n) is 5.69. The highest BCUT2D eigenvalue weighted by Gasteiger charge is 2.14. The number of nitrogens with zero attached hydrogens (tertiary/aromatic N) is 1. The fourth-order valence-electron chi connectivity index (χ4n) is 2.42. The fourth-order valence-corrected chi connectivity index (χ4v) is 2.42. The Morgan fingerprint density at radius 3 is 2.23 bits per heavy atom. The van der Waals surface area contributed by atoms with E-state index in [0.717, 1.165) is 0 Å². The lowest BCUT2D eigenvalue weighted by molar-refractivity contribution is 0.0947. The maximum atomic E-state index is 12.5. The largest absolute Gasteiger partial charge is 0.351 e. The second kappa shape index (κ2) is 10.3. The van der Waals surface area contributed by atoms with Crippen LogP contribution in [0, 0.1) is 0 Å². The van der Waals surface area contributed by atoms with Crippen LogP contribution in [0.1, 0.15) is 20.7 Å². The van der Waals surface area contributed by atoms with Crippen LogP contribution in [-0.4, -0.2) is 57.1 Å². The smallest absolute Gasteiger partial charge is 0.252 e. The molecular weight excluding hydrogens is 330 g/mol. The molecule has 26 heavy (non-hydrogen) atoms. The summed E-state index contributed by atoms with van der Waals surface area (Å²) in [5.41, 5.74) is 2.32. The molecule has 0 aliphatic rings. The summed E-state index contributed by atoms with van der Waals surface area (Å²) in [6.07, 6.45) is 1.58. The van der Waals surface area contributed by atoms with Crippen molar-refractivity contribution in [3.63, 3.8) is 0 Å². The summed E-state index contributed by atoms with van der Waals surface area (Å²) in [6, 6.07) is 10.6.